The zero-order valence-corrected chi connectivity index (χ0v) is 14.4. The van der Waals surface area contributed by atoms with Crippen LogP contribution >= 0.6 is 12.4 Å². The van der Waals surface area contributed by atoms with E-state index in [-0.39, 0.29) is 48.8 Å². The Morgan fingerprint density at radius 2 is 1.68 bits per heavy atom. The third-order valence-corrected chi connectivity index (χ3v) is 3.29. The molecular weight excluding hydrogens is 302 g/mol. The molecule has 22 heavy (non-hydrogen) atoms. The van der Waals surface area contributed by atoms with E-state index >= 15 is 0 Å². The lowest BCUT2D eigenvalue weighted by Gasteiger charge is -2.20. The van der Waals surface area contributed by atoms with Gasteiger partial charge in [-0.1, -0.05) is 45.0 Å². The van der Waals surface area contributed by atoms with Gasteiger partial charge in [0.05, 0.1) is 19.1 Å². The van der Waals surface area contributed by atoms with Crippen molar-refractivity contribution in [3.63, 3.8) is 0 Å². The molecule has 1 unspecified atom stereocenters. The van der Waals surface area contributed by atoms with Gasteiger partial charge in [0.2, 0.25) is 11.8 Å². The molecule has 0 aliphatic rings. The summed E-state index contributed by atoms with van der Waals surface area (Å²) >= 11 is 0. The minimum atomic E-state index is -0.340. The Bertz CT molecular complexity index is 495. The van der Waals surface area contributed by atoms with Crippen LogP contribution in [0.1, 0.15) is 44.9 Å². The van der Waals surface area contributed by atoms with Crippen LogP contribution in [-0.2, 0) is 15.0 Å². The Morgan fingerprint density at radius 1 is 1.14 bits per heavy atom. The molecule has 0 saturated heterocycles. The summed E-state index contributed by atoms with van der Waals surface area (Å²) < 4.78 is 0. The molecule has 0 aliphatic heterocycles. The molecule has 5 nitrogen and oxygen atoms in total. The van der Waals surface area contributed by atoms with Gasteiger partial charge < -0.3 is 16.4 Å². The van der Waals surface area contributed by atoms with Crippen LogP contribution in [0.3, 0.4) is 0 Å². The van der Waals surface area contributed by atoms with E-state index < -0.39 is 0 Å². The van der Waals surface area contributed by atoms with E-state index in [2.05, 4.69) is 43.5 Å². The highest BCUT2D eigenvalue weighted by Crippen LogP contribution is 2.23. The highest BCUT2D eigenvalue weighted by Gasteiger charge is 2.15. The molecule has 0 radical (unpaired) electrons. The molecule has 4 N–H and O–H groups in total. The first kappa shape index (κ1) is 20.4. The highest BCUT2D eigenvalue weighted by atomic mass is 35.5. The van der Waals surface area contributed by atoms with Crippen molar-refractivity contribution in [3.05, 3.63) is 35.4 Å². The first-order valence-corrected chi connectivity index (χ1v) is 7.10. The second-order valence-corrected chi connectivity index (χ2v) is 6.14. The maximum absolute atomic E-state index is 11.7. The summed E-state index contributed by atoms with van der Waals surface area (Å²) in [6.07, 6.45) is 0. The predicted octanol–water partition coefficient (Wildman–Crippen LogP) is 1.66. The van der Waals surface area contributed by atoms with Gasteiger partial charge in [0.15, 0.2) is 0 Å². The number of carbonyl (C=O) groups excluding carboxylic acids is 2. The van der Waals surface area contributed by atoms with Crippen LogP contribution in [0.2, 0.25) is 0 Å². The average molecular weight is 328 g/mol. The summed E-state index contributed by atoms with van der Waals surface area (Å²) in [5.74, 6) is -0.573. The van der Waals surface area contributed by atoms with Crippen LogP contribution in [0, 0.1) is 0 Å². The van der Waals surface area contributed by atoms with Gasteiger partial charge in [0, 0.05) is 0 Å². The van der Waals surface area contributed by atoms with E-state index in [1.54, 1.807) is 0 Å². The molecule has 0 aliphatic carbocycles. The Kier molecular flexibility index (Phi) is 8.12. The Balaban J connectivity index is 0.00000441. The predicted molar refractivity (Wildman–Crippen MR) is 91.0 cm³/mol. The SMILES string of the molecule is CC(NC(=O)CNC(=O)CN)c1ccc(C(C)(C)C)cc1.Cl. The molecule has 0 bridgehead atoms. The number of amides is 2. The van der Waals surface area contributed by atoms with Crippen molar-refractivity contribution >= 4 is 24.2 Å². The number of nitrogens with two attached hydrogens (primary N) is 1. The second kappa shape index (κ2) is 8.76. The van der Waals surface area contributed by atoms with E-state index in [0.29, 0.717) is 0 Å². The standard InChI is InChI=1S/C16H25N3O2.ClH/c1-11(19-15(21)10-18-14(20)9-17)12-5-7-13(8-6-12)16(2,3)4;/h5-8,11H,9-10,17H2,1-4H3,(H,18,20)(H,19,21);1H. The molecule has 1 rings (SSSR count). The topological polar surface area (TPSA) is 84.2 Å². The van der Waals surface area contributed by atoms with E-state index in [9.17, 15) is 9.59 Å². The molecule has 1 atom stereocenters. The number of benzene rings is 1. The maximum atomic E-state index is 11.7. The first-order chi connectivity index (χ1) is 9.74. The third-order valence-electron chi connectivity index (χ3n) is 3.29. The van der Waals surface area contributed by atoms with Crippen LogP contribution in [-0.4, -0.2) is 24.9 Å². The minimum absolute atomic E-state index is 0. The Hall–Kier alpha value is -1.59. The summed E-state index contributed by atoms with van der Waals surface area (Å²) in [6.45, 7) is 8.22. The number of hydrogen-bond donors (Lipinski definition) is 3. The normalized spacial score (nSPS) is 12.0. The molecule has 0 saturated carbocycles. The first-order valence-electron chi connectivity index (χ1n) is 7.10. The van der Waals surface area contributed by atoms with E-state index in [1.807, 2.05) is 19.1 Å². The van der Waals surface area contributed by atoms with Crippen molar-refractivity contribution in [1.29, 1.82) is 0 Å². The maximum Gasteiger partial charge on any atom is 0.239 e. The summed E-state index contributed by atoms with van der Waals surface area (Å²) in [6, 6.07) is 8.08. The molecule has 1 aromatic carbocycles. The smallest absolute Gasteiger partial charge is 0.239 e. The Morgan fingerprint density at radius 3 is 2.14 bits per heavy atom. The fourth-order valence-corrected chi connectivity index (χ4v) is 1.90. The molecule has 2 amide bonds. The second-order valence-electron chi connectivity index (χ2n) is 6.14. The van der Waals surface area contributed by atoms with Crippen molar-refractivity contribution in [2.24, 2.45) is 5.73 Å². The lowest BCUT2D eigenvalue weighted by Crippen LogP contribution is -2.40. The largest absolute Gasteiger partial charge is 0.348 e. The molecule has 1 aromatic rings. The lowest BCUT2D eigenvalue weighted by atomic mass is 9.86. The van der Waals surface area contributed by atoms with Gasteiger partial charge in [-0.2, -0.15) is 0 Å². The van der Waals surface area contributed by atoms with Crippen LogP contribution in [0.4, 0.5) is 0 Å². The minimum Gasteiger partial charge on any atom is -0.348 e. The quantitative estimate of drug-likeness (QED) is 0.769. The molecule has 0 aromatic heterocycles. The fourth-order valence-electron chi connectivity index (χ4n) is 1.90. The Labute approximate surface area is 138 Å². The van der Waals surface area contributed by atoms with Gasteiger partial charge >= 0.3 is 0 Å². The van der Waals surface area contributed by atoms with Crippen molar-refractivity contribution in [2.75, 3.05) is 13.1 Å². The monoisotopic (exact) mass is 327 g/mol. The zero-order chi connectivity index (χ0) is 16.0. The van der Waals surface area contributed by atoms with E-state index in [0.717, 1.165) is 5.56 Å². The van der Waals surface area contributed by atoms with Gasteiger partial charge in [0.25, 0.3) is 0 Å². The summed E-state index contributed by atoms with van der Waals surface area (Å²) in [5.41, 5.74) is 7.54. The number of nitrogens with one attached hydrogen (secondary N) is 2. The van der Waals surface area contributed by atoms with Crippen LogP contribution in [0.5, 0.6) is 0 Å². The number of rotatable bonds is 5. The molecule has 0 spiro atoms. The summed E-state index contributed by atoms with van der Waals surface area (Å²) in [4.78, 5) is 22.7. The number of halogens is 1. The van der Waals surface area contributed by atoms with Crippen molar-refractivity contribution in [2.45, 2.75) is 39.2 Å². The van der Waals surface area contributed by atoms with Crippen molar-refractivity contribution in [1.82, 2.24) is 10.6 Å². The number of hydrogen-bond acceptors (Lipinski definition) is 3. The molecule has 124 valence electrons. The third kappa shape index (κ3) is 6.45. The van der Waals surface area contributed by atoms with Gasteiger partial charge in [-0.3, -0.25) is 9.59 Å². The summed E-state index contributed by atoms with van der Waals surface area (Å²) in [7, 11) is 0. The van der Waals surface area contributed by atoms with Gasteiger partial charge in [-0.15, -0.1) is 12.4 Å². The van der Waals surface area contributed by atoms with Gasteiger partial charge in [0.1, 0.15) is 0 Å². The zero-order valence-electron chi connectivity index (χ0n) is 13.6. The fraction of sp³-hybridized carbons (Fsp3) is 0.500. The average Bonchev–Trinajstić information content (AvgIpc) is 2.43. The summed E-state index contributed by atoms with van der Waals surface area (Å²) in [5, 5.41) is 5.28. The highest BCUT2D eigenvalue weighted by molar-refractivity contribution is 5.85. The van der Waals surface area contributed by atoms with Crippen LogP contribution in [0.25, 0.3) is 0 Å². The number of carbonyl (C=O) groups is 2. The molecule has 6 heteroatoms. The molecular formula is C16H26ClN3O2. The van der Waals surface area contributed by atoms with Crippen LogP contribution in [0.15, 0.2) is 24.3 Å². The van der Waals surface area contributed by atoms with Gasteiger partial charge in [-0.25, -0.2) is 0 Å². The van der Waals surface area contributed by atoms with Gasteiger partial charge in [-0.05, 0) is 23.5 Å². The van der Waals surface area contributed by atoms with Crippen molar-refractivity contribution < 1.29 is 9.59 Å². The van der Waals surface area contributed by atoms with Crippen LogP contribution < -0.4 is 16.4 Å². The lowest BCUT2D eigenvalue weighted by molar-refractivity contribution is -0.125. The van der Waals surface area contributed by atoms with E-state index in [1.165, 1.54) is 5.56 Å². The molecule has 0 heterocycles. The molecule has 0 fully saturated rings. The van der Waals surface area contributed by atoms with Crippen molar-refractivity contribution in [3.8, 4) is 0 Å². The van der Waals surface area contributed by atoms with E-state index in [4.69, 9.17) is 5.73 Å².